The summed E-state index contributed by atoms with van der Waals surface area (Å²) >= 11 is 17.9. The van der Waals surface area contributed by atoms with Crippen molar-refractivity contribution in [3.05, 3.63) is 293 Å². The number of aromatic carboxylic acids is 1. The van der Waals surface area contributed by atoms with Crippen molar-refractivity contribution < 1.29 is 43.3 Å². The number of rotatable bonds is 19. The van der Waals surface area contributed by atoms with Crippen molar-refractivity contribution in [3.63, 3.8) is 0 Å². The Morgan fingerprint density at radius 2 is 0.784 bits per heavy atom. The quantitative estimate of drug-likeness (QED) is 0.0409. The van der Waals surface area contributed by atoms with Gasteiger partial charge in [0, 0.05) is 155 Å². The molecule has 8 aromatic carbocycles. The van der Waals surface area contributed by atoms with Crippen LogP contribution in [-0.2, 0) is 29.1 Å². The summed E-state index contributed by atoms with van der Waals surface area (Å²) in [6, 6.07) is 58.4. The number of nitrogens with one attached hydrogen (secondary N) is 4. The van der Waals surface area contributed by atoms with Gasteiger partial charge in [0.2, 0.25) is 0 Å². The number of H-pyrrole nitrogens is 1. The fourth-order valence-corrected chi connectivity index (χ4v) is 17.6. The van der Waals surface area contributed by atoms with Gasteiger partial charge in [-0.3, -0.25) is 19.2 Å². The summed E-state index contributed by atoms with van der Waals surface area (Å²) in [6.07, 6.45) is 24.8. The molecule has 0 radical (unpaired) electrons. The first-order valence-corrected chi connectivity index (χ1v) is 47.8. The number of halogens is 3. The van der Waals surface area contributed by atoms with E-state index < -0.39 is 16.8 Å². The molecule has 7 aromatic heterocycles. The highest BCUT2D eigenvalue weighted by Gasteiger charge is 2.35. The second-order valence-corrected chi connectivity index (χ2v) is 37.2. The smallest absolute Gasteiger partial charge is 0.410 e. The minimum Gasteiger partial charge on any atom is -0.478 e. The van der Waals surface area contributed by atoms with E-state index in [0.717, 1.165) is 143 Å². The summed E-state index contributed by atoms with van der Waals surface area (Å²) in [7, 11) is 0. The molecule has 4 saturated heterocycles. The zero-order valence-corrected chi connectivity index (χ0v) is 80.8. The van der Waals surface area contributed by atoms with E-state index in [-0.39, 0.29) is 46.4 Å². The van der Waals surface area contributed by atoms with Crippen LogP contribution in [0.25, 0.3) is 89.2 Å². The molecule has 4 fully saturated rings. The van der Waals surface area contributed by atoms with Gasteiger partial charge in [-0.2, -0.15) is 0 Å². The third kappa shape index (κ3) is 28.5. The fraction of sp³-hybridized carbons (Fsp3) is 0.324. The number of benzene rings is 8. The van der Waals surface area contributed by atoms with Crippen LogP contribution in [0.15, 0.2) is 255 Å². The molecule has 4 aliphatic heterocycles. The highest BCUT2D eigenvalue weighted by Crippen LogP contribution is 2.39. The van der Waals surface area contributed by atoms with Crippen LogP contribution in [0, 0.1) is 23.7 Å². The summed E-state index contributed by atoms with van der Waals surface area (Å²) in [5.41, 5.74) is 16.4. The third-order valence-electron chi connectivity index (χ3n) is 24.1. The van der Waals surface area contributed by atoms with Crippen molar-refractivity contribution in [2.45, 2.75) is 124 Å². The number of anilines is 1. The zero-order valence-electron chi connectivity index (χ0n) is 78.5. The Labute approximate surface area is 820 Å². The van der Waals surface area contributed by atoms with Crippen molar-refractivity contribution in [3.8, 4) is 45.0 Å². The molecule has 4 aliphatic rings. The molecular weight excluding hydrogens is 1820 g/mol. The van der Waals surface area contributed by atoms with Crippen molar-refractivity contribution in [1.82, 2.24) is 94.3 Å². The summed E-state index contributed by atoms with van der Waals surface area (Å²) in [5.74, 6) is 2.49. The van der Waals surface area contributed by atoms with Gasteiger partial charge in [0.25, 0.3) is 22.6 Å². The highest BCUT2D eigenvalue weighted by atomic mass is 35.5. The largest absolute Gasteiger partial charge is 0.478 e. The van der Waals surface area contributed by atoms with Crippen LogP contribution in [0.4, 0.5) is 15.4 Å². The molecule has 11 heterocycles. The Hall–Kier alpha value is -14.2. The lowest BCUT2D eigenvalue weighted by atomic mass is 9.79. The molecule has 15 aromatic rings. The van der Waals surface area contributed by atoms with E-state index in [0.29, 0.717) is 127 Å². The van der Waals surface area contributed by atoms with Gasteiger partial charge in [-0.1, -0.05) is 145 Å². The second kappa shape index (κ2) is 48.2. The highest BCUT2D eigenvalue weighted by molar-refractivity contribution is 6.67. The van der Waals surface area contributed by atoms with Crippen molar-refractivity contribution in [2.75, 3.05) is 76.9 Å². The number of hydrogen-bond donors (Lipinski definition) is 6. The van der Waals surface area contributed by atoms with Gasteiger partial charge < -0.3 is 69.6 Å². The number of nitrogens with two attached hydrogens (primary N) is 1. The van der Waals surface area contributed by atoms with Gasteiger partial charge >= 0.3 is 18.2 Å². The predicted octanol–water partition coefficient (Wildman–Crippen LogP) is 18.5. The number of carboxylic acid groups (broad SMARTS) is 1. The number of imidazole rings is 3. The Kier molecular flexibility index (Phi) is 34.9. The SMILES string of the molecule is CC(C)(C)OC(=O)N1CCC(C2CCN(c3nc4ccc(C(=O)NCCn5ccnc5)cc4nc3-c3ccccc3)CC2)CC1.CC(C)(C)OC(=O)N1CCC(C2CCNCC2)CC1.NCCn1ccnc1.O=C(Cl)c1ccc2nc(Cl)c(-c3ccccc3)nc2c1.O=C(NCCn1ccnc1)c1ccc2nc(Cl)c(-c3ccccc3)nc2c1.O=C(O)c1ccc2[nH]c(=O)c(-c3ccccc3)nc2c1. The molecule has 0 saturated carbocycles. The molecule has 720 valence electrons. The van der Waals surface area contributed by atoms with Crippen LogP contribution in [0.5, 0.6) is 0 Å². The molecule has 0 spiro atoms. The number of ether oxygens (including phenoxy) is 2. The molecular formula is C105H114Cl3N21O10. The Balaban J connectivity index is 0.000000142. The number of piperidine rings is 4. The van der Waals surface area contributed by atoms with Gasteiger partial charge in [-0.05, 0) is 214 Å². The predicted molar refractivity (Wildman–Crippen MR) is 542 cm³/mol. The van der Waals surface area contributed by atoms with E-state index in [2.05, 4.69) is 77.8 Å². The van der Waals surface area contributed by atoms with E-state index in [1.165, 1.54) is 25.0 Å². The van der Waals surface area contributed by atoms with Crippen molar-refractivity contribution in [1.29, 1.82) is 0 Å². The van der Waals surface area contributed by atoms with E-state index in [1.54, 1.807) is 92.2 Å². The summed E-state index contributed by atoms with van der Waals surface area (Å²) in [5, 5.41) is 18.4. The van der Waals surface area contributed by atoms with Gasteiger partial charge in [-0.15, -0.1) is 0 Å². The van der Waals surface area contributed by atoms with Crippen LogP contribution in [0.3, 0.4) is 0 Å². The molecule has 4 amide bonds. The molecule has 34 heteroatoms. The maximum absolute atomic E-state index is 12.9. The molecule has 31 nitrogen and oxygen atoms in total. The molecule has 0 unspecified atom stereocenters. The Morgan fingerprint density at radius 1 is 0.424 bits per heavy atom. The lowest BCUT2D eigenvalue weighted by molar-refractivity contribution is 0.0142. The number of nitrogens with zero attached hydrogens (tertiary/aromatic N) is 16. The third-order valence-corrected chi connectivity index (χ3v) is 24.8. The molecule has 139 heavy (non-hydrogen) atoms. The second-order valence-electron chi connectivity index (χ2n) is 36.1. The maximum atomic E-state index is 12.9. The minimum atomic E-state index is -1.03. The molecule has 19 rings (SSSR count). The van der Waals surface area contributed by atoms with E-state index in [1.807, 2.05) is 199 Å². The van der Waals surface area contributed by atoms with Crippen LogP contribution in [0.1, 0.15) is 134 Å². The maximum Gasteiger partial charge on any atom is 0.410 e. The molecule has 7 N–H and O–H groups in total. The normalized spacial score (nSPS) is 14.3. The van der Waals surface area contributed by atoms with E-state index >= 15 is 0 Å². The summed E-state index contributed by atoms with van der Waals surface area (Å²) in [6.45, 7) is 22.8. The van der Waals surface area contributed by atoms with Gasteiger partial charge in [-0.25, -0.2) is 64.2 Å². The zero-order chi connectivity index (χ0) is 98.0. The van der Waals surface area contributed by atoms with Crippen molar-refractivity contribution in [2.24, 2.45) is 29.4 Å². The van der Waals surface area contributed by atoms with Gasteiger partial charge in [0.05, 0.1) is 68.7 Å². The summed E-state index contributed by atoms with van der Waals surface area (Å²) < 4.78 is 16.8. The number of hydrogen-bond acceptors (Lipinski definition) is 22. The number of amides is 4. The van der Waals surface area contributed by atoms with E-state index in [9.17, 15) is 33.6 Å². The monoisotopic (exact) mass is 1930 g/mol. The number of carbonyl (C=O) groups is 6. The standard InChI is InChI=1S/C35H43N7O3.C20H16ClN5O.C15H8Cl2N2O.C15H10N2O3.C15H28N2O2.C5H9N3/c1-35(2,3)45-34(44)42-19-13-26(14-20-42)25-11-17-41(18-12-25)32-31(27-7-5-4-6-8-27)38-30-23-28(9-10-29(30)39-32)33(43)37-16-22-40-21-15-36-24-40;21-19-18(14-4-2-1-3-5-14)24-17-12-15(6-7-16(17)25-19)20(27)23-9-11-26-10-8-22-13-26;16-14-13(9-4-2-1-3-5-9)18-12-8-10(15(17)20)6-7-11(12)19-14;18-14-13(9-4-2-1-3-5-9)16-12-8-10(15(19)20)6-7-11(12)17-14;1-15(2,3)19-14(18)17-10-6-13(7-11-17)12-4-8-16-9-5-12;6-1-3-8-4-2-7-5-8/h4-10,15,21,23-26H,11-14,16-20,22H2,1-3H3,(H,37,43);1-8,10,12-13H,9,11H2,(H,23,27);1-8H;1-8H,(H,17,18)(H,19,20);12-13,16H,4-11H2,1-3H3;2,4-5H,1,3,6H2. The fourth-order valence-electron chi connectivity index (χ4n) is 17.0. The van der Waals surface area contributed by atoms with Crippen LogP contribution in [-0.4, -0.2) is 202 Å². The number of likely N-dealkylation sites (tertiary alicyclic amines) is 2. The average molecular weight is 1940 g/mol. The first-order valence-electron chi connectivity index (χ1n) is 46.6. The van der Waals surface area contributed by atoms with Gasteiger partial charge in [0.1, 0.15) is 34.0 Å². The van der Waals surface area contributed by atoms with Crippen LogP contribution < -0.4 is 32.1 Å². The Bertz CT molecular complexity index is 6690. The number of carbonyl (C=O) groups excluding carboxylic acids is 5. The number of aromatic amines is 1. The summed E-state index contributed by atoms with van der Waals surface area (Å²) in [4.78, 5) is 137. The number of fused-ring (bicyclic) bond motifs is 4. The first-order chi connectivity index (χ1) is 67.1. The lowest BCUT2D eigenvalue weighted by Gasteiger charge is -2.41. The van der Waals surface area contributed by atoms with Crippen LogP contribution in [0.2, 0.25) is 10.3 Å². The minimum absolute atomic E-state index is 0.135. The average Bonchev–Trinajstić information content (AvgIpc) is 1.45. The number of aromatic nitrogens is 14. The molecule has 0 aliphatic carbocycles. The van der Waals surface area contributed by atoms with Crippen LogP contribution >= 0.6 is 34.8 Å². The first kappa shape index (κ1) is 101. The lowest BCUT2D eigenvalue weighted by Crippen LogP contribution is -2.44. The topological polar surface area (TPSA) is 389 Å². The van der Waals surface area contributed by atoms with Crippen molar-refractivity contribution >= 4 is 120 Å². The van der Waals surface area contributed by atoms with Gasteiger partial charge in [0.15, 0.2) is 16.1 Å². The Morgan fingerprint density at radius 3 is 1.19 bits per heavy atom. The molecule has 0 bridgehead atoms. The number of carboxylic acids is 1. The molecule has 0 atom stereocenters. The van der Waals surface area contributed by atoms with E-state index in [4.69, 9.17) is 65.1 Å².